The fraction of sp³-hybridized carbons (Fsp3) is 0.909. The second-order valence-corrected chi connectivity index (χ2v) is 4.95. The van der Waals surface area contributed by atoms with E-state index in [0.29, 0.717) is 0 Å². The summed E-state index contributed by atoms with van der Waals surface area (Å²) >= 11 is 0. The standard InChI is InChI=1S/C11H20N2O/c1-11(5-2-3-6-11)13-10(14)9-4-7-12-8-9/h9,12H,2-8H2,1H3,(H,13,14). The van der Waals surface area contributed by atoms with Gasteiger partial charge in [0.2, 0.25) is 5.91 Å². The highest BCUT2D eigenvalue weighted by Gasteiger charge is 2.33. The Labute approximate surface area is 85.6 Å². The first-order valence-electron chi connectivity index (χ1n) is 5.72. The molecule has 1 atom stereocenters. The summed E-state index contributed by atoms with van der Waals surface area (Å²) in [5, 5.41) is 6.45. The number of amides is 1. The summed E-state index contributed by atoms with van der Waals surface area (Å²) in [7, 11) is 0. The van der Waals surface area contributed by atoms with Gasteiger partial charge in [0, 0.05) is 12.1 Å². The van der Waals surface area contributed by atoms with Crippen LogP contribution < -0.4 is 10.6 Å². The molecule has 1 heterocycles. The van der Waals surface area contributed by atoms with E-state index in [1.807, 2.05) is 0 Å². The van der Waals surface area contributed by atoms with E-state index in [1.54, 1.807) is 0 Å². The quantitative estimate of drug-likeness (QED) is 0.693. The monoisotopic (exact) mass is 196 g/mol. The molecule has 0 radical (unpaired) electrons. The molecular formula is C11H20N2O. The molecule has 1 unspecified atom stereocenters. The highest BCUT2D eigenvalue weighted by atomic mass is 16.2. The van der Waals surface area contributed by atoms with Crippen LogP contribution in [0, 0.1) is 5.92 Å². The molecule has 14 heavy (non-hydrogen) atoms. The van der Waals surface area contributed by atoms with Crippen LogP contribution in [0.25, 0.3) is 0 Å². The van der Waals surface area contributed by atoms with Crippen molar-refractivity contribution in [3.8, 4) is 0 Å². The Bertz CT molecular complexity index is 215. The van der Waals surface area contributed by atoms with E-state index in [9.17, 15) is 4.79 Å². The maximum absolute atomic E-state index is 11.9. The molecule has 1 amide bonds. The van der Waals surface area contributed by atoms with Gasteiger partial charge in [-0.25, -0.2) is 0 Å². The summed E-state index contributed by atoms with van der Waals surface area (Å²) in [6.45, 7) is 4.04. The Kier molecular flexibility index (Phi) is 2.77. The first-order chi connectivity index (χ1) is 6.70. The maximum Gasteiger partial charge on any atom is 0.224 e. The molecule has 2 N–H and O–H groups in total. The van der Waals surface area contributed by atoms with Crippen LogP contribution in [0.5, 0.6) is 0 Å². The highest BCUT2D eigenvalue weighted by molar-refractivity contribution is 5.80. The van der Waals surface area contributed by atoms with Gasteiger partial charge in [0.25, 0.3) is 0 Å². The number of carbonyl (C=O) groups excluding carboxylic acids is 1. The Morgan fingerprint density at radius 3 is 2.71 bits per heavy atom. The molecule has 2 fully saturated rings. The van der Waals surface area contributed by atoms with Gasteiger partial charge >= 0.3 is 0 Å². The average molecular weight is 196 g/mol. The molecule has 0 aromatic heterocycles. The van der Waals surface area contributed by atoms with Gasteiger partial charge in [0.1, 0.15) is 0 Å². The molecule has 3 nitrogen and oxygen atoms in total. The van der Waals surface area contributed by atoms with E-state index in [1.165, 1.54) is 12.8 Å². The molecule has 80 valence electrons. The van der Waals surface area contributed by atoms with E-state index < -0.39 is 0 Å². The van der Waals surface area contributed by atoms with Crippen molar-refractivity contribution in [2.24, 2.45) is 5.92 Å². The van der Waals surface area contributed by atoms with E-state index in [0.717, 1.165) is 32.4 Å². The fourth-order valence-electron chi connectivity index (χ4n) is 2.56. The van der Waals surface area contributed by atoms with E-state index in [4.69, 9.17) is 0 Å². The number of nitrogens with one attached hydrogen (secondary N) is 2. The number of hydrogen-bond donors (Lipinski definition) is 2. The van der Waals surface area contributed by atoms with Gasteiger partial charge in [0.15, 0.2) is 0 Å². The number of carbonyl (C=O) groups is 1. The first kappa shape index (κ1) is 9.97. The molecule has 0 aromatic carbocycles. The third kappa shape index (κ3) is 2.08. The molecule has 2 aliphatic rings. The van der Waals surface area contributed by atoms with Crippen molar-refractivity contribution < 1.29 is 4.79 Å². The zero-order valence-corrected chi connectivity index (χ0v) is 8.94. The van der Waals surface area contributed by atoms with Gasteiger partial charge in [-0.2, -0.15) is 0 Å². The third-order valence-electron chi connectivity index (χ3n) is 3.56. The fourth-order valence-corrected chi connectivity index (χ4v) is 2.56. The van der Waals surface area contributed by atoms with Crippen LogP contribution in [0.4, 0.5) is 0 Å². The minimum absolute atomic E-state index is 0.0969. The van der Waals surface area contributed by atoms with Crippen molar-refractivity contribution in [2.75, 3.05) is 13.1 Å². The second-order valence-electron chi connectivity index (χ2n) is 4.95. The summed E-state index contributed by atoms with van der Waals surface area (Å²) in [6.07, 6.45) is 5.83. The van der Waals surface area contributed by atoms with Gasteiger partial charge in [-0.15, -0.1) is 0 Å². The SMILES string of the molecule is CC1(NC(=O)C2CCNC2)CCCC1. The number of hydrogen-bond acceptors (Lipinski definition) is 2. The van der Waals surface area contributed by atoms with Crippen molar-refractivity contribution in [2.45, 2.75) is 44.6 Å². The molecular weight excluding hydrogens is 176 g/mol. The normalized spacial score (nSPS) is 30.5. The summed E-state index contributed by atoms with van der Waals surface area (Å²) in [4.78, 5) is 11.9. The van der Waals surface area contributed by atoms with E-state index in [2.05, 4.69) is 17.6 Å². The average Bonchev–Trinajstić information content (AvgIpc) is 2.74. The van der Waals surface area contributed by atoms with Crippen molar-refractivity contribution in [1.82, 2.24) is 10.6 Å². The zero-order valence-electron chi connectivity index (χ0n) is 8.94. The number of rotatable bonds is 2. The lowest BCUT2D eigenvalue weighted by molar-refractivity contribution is -0.126. The first-order valence-corrected chi connectivity index (χ1v) is 5.72. The van der Waals surface area contributed by atoms with Crippen LogP contribution in [0.1, 0.15) is 39.0 Å². The van der Waals surface area contributed by atoms with E-state index in [-0.39, 0.29) is 17.4 Å². The van der Waals surface area contributed by atoms with Gasteiger partial charge in [-0.05, 0) is 32.7 Å². The van der Waals surface area contributed by atoms with Crippen LogP contribution in [0.2, 0.25) is 0 Å². The molecule has 2 rings (SSSR count). The molecule has 1 saturated heterocycles. The van der Waals surface area contributed by atoms with Crippen LogP contribution in [-0.4, -0.2) is 24.5 Å². The summed E-state index contributed by atoms with van der Waals surface area (Å²) in [6, 6.07) is 0. The lowest BCUT2D eigenvalue weighted by Crippen LogP contribution is -2.46. The van der Waals surface area contributed by atoms with Gasteiger partial charge in [-0.1, -0.05) is 12.8 Å². The minimum Gasteiger partial charge on any atom is -0.351 e. The smallest absolute Gasteiger partial charge is 0.224 e. The Morgan fingerprint density at radius 2 is 2.14 bits per heavy atom. The lowest BCUT2D eigenvalue weighted by Gasteiger charge is -2.26. The Hall–Kier alpha value is -0.570. The van der Waals surface area contributed by atoms with Gasteiger partial charge in [-0.3, -0.25) is 4.79 Å². The van der Waals surface area contributed by atoms with Gasteiger partial charge < -0.3 is 10.6 Å². The molecule has 1 aliphatic carbocycles. The van der Waals surface area contributed by atoms with Gasteiger partial charge in [0.05, 0.1) is 5.92 Å². The lowest BCUT2D eigenvalue weighted by atomic mass is 9.98. The molecule has 0 spiro atoms. The van der Waals surface area contributed by atoms with Crippen molar-refractivity contribution >= 4 is 5.91 Å². The van der Waals surface area contributed by atoms with Crippen molar-refractivity contribution in [3.63, 3.8) is 0 Å². The topological polar surface area (TPSA) is 41.1 Å². The van der Waals surface area contributed by atoms with Crippen LogP contribution in [0.3, 0.4) is 0 Å². The maximum atomic E-state index is 11.9. The van der Waals surface area contributed by atoms with E-state index >= 15 is 0 Å². The van der Waals surface area contributed by atoms with Crippen LogP contribution >= 0.6 is 0 Å². The molecule has 1 aliphatic heterocycles. The predicted molar refractivity (Wildman–Crippen MR) is 56.0 cm³/mol. The third-order valence-corrected chi connectivity index (χ3v) is 3.56. The zero-order chi connectivity index (χ0) is 10.0. The van der Waals surface area contributed by atoms with Crippen LogP contribution in [-0.2, 0) is 4.79 Å². The summed E-state index contributed by atoms with van der Waals surface area (Å²) in [5.41, 5.74) is 0.0969. The molecule has 3 heteroatoms. The highest BCUT2D eigenvalue weighted by Crippen LogP contribution is 2.29. The molecule has 0 bridgehead atoms. The van der Waals surface area contributed by atoms with Crippen molar-refractivity contribution in [1.29, 1.82) is 0 Å². The Morgan fingerprint density at radius 1 is 1.43 bits per heavy atom. The summed E-state index contributed by atoms with van der Waals surface area (Å²) in [5.74, 6) is 0.479. The largest absolute Gasteiger partial charge is 0.351 e. The minimum atomic E-state index is 0.0969. The van der Waals surface area contributed by atoms with Crippen LogP contribution in [0.15, 0.2) is 0 Å². The molecule has 0 aromatic rings. The molecule has 1 saturated carbocycles. The Balaban J connectivity index is 1.86. The summed E-state index contributed by atoms with van der Waals surface area (Å²) < 4.78 is 0. The second kappa shape index (κ2) is 3.89. The van der Waals surface area contributed by atoms with Crippen molar-refractivity contribution in [3.05, 3.63) is 0 Å². The predicted octanol–water partition coefficient (Wildman–Crippen LogP) is 1.04.